The fourth-order valence-corrected chi connectivity index (χ4v) is 3.10. The van der Waals surface area contributed by atoms with Crippen LogP contribution in [-0.4, -0.2) is 27.3 Å². The third kappa shape index (κ3) is 5.08. The van der Waals surface area contributed by atoms with Crippen LogP contribution in [-0.2, 0) is 4.79 Å². The average molecular weight is 396 g/mol. The number of hydrogen-bond acceptors (Lipinski definition) is 7. The average Bonchev–Trinajstić information content (AvgIpc) is 3.13. The van der Waals surface area contributed by atoms with Crippen molar-refractivity contribution in [3.8, 4) is 22.8 Å². The van der Waals surface area contributed by atoms with Gasteiger partial charge >= 0.3 is 0 Å². The summed E-state index contributed by atoms with van der Waals surface area (Å²) in [6, 6.07) is 11.8. The van der Waals surface area contributed by atoms with Crippen molar-refractivity contribution in [2.75, 3.05) is 10.7 Å². The molecule has 144 valence electrons. The van der Waals surface area contributed by atoms with E-state index < -0.39 is 0 Å². The van der Waals surface area contributed by atoms with Gasteiger partial charge in [0.2, 0.25) is 11.0 Å². The molecule has 1 aromatic heterocycles. The molecule has 0 aliphatic carbocycles. The van der Waals surface area contributed by atoms with E-state index in [1.165, 1.54) is 29.7 Å². The van der Waals surface area contributed by atoms with Crippen molar-refractivity contribution < 1.29 is 15.0 Å². The number of rotatable bonds is 7. The van der Waals surface area contributed by atoms with Gasteiger partial charge in [0, 0.05) is 34.7 Å². The van der Waals surface area contributed by atoms with E-state index in [4.69, 9.17) is 0 Å². The number of aromatic hydroxyl groups is 2. The van der Waals surface area contributed by atoms with Crippen LogP contribution in [0.25, 0.3) is 11.3 Å². The summed E-state index contributed by atoms with van der Waals surface area (Å²) in [6.45, 7) is 1.97. The second-order valence-electron chi connectivity index (χ2n) is 6.03. The first-order valence-electron chi connectivity index (χ1n) is 8.72. The highest BCUT2D eigenvalue weighted by Gasteiger charge is 2.06. The molecule has 0 fully saturated rings. The highest BCUT2D eigenvalue weighted by molar-refractivity contribution is 7.14. The third-order valence-corrected chi connectivity index (χ3v) is 4.57. The number of carbonyl (C=O) groups excluding carboxylic acids is 1. The van der Waals surface area contributed by atoms with Gasteiger partial charge in [-0.05, 0) is 30.7 Å². The summed E-state index contributed by atoms with van der Waals surface area (Å²) in [5.74, 6) is -0.0625. The number of carbonyl (C=O) groups is 1. The SMILES string of the molecule is CCCC(=O)Nc1ccc(-c2csc(NN=Cc3ccc(O)cc3O)n2)cc1. The maximum Gasteiger partial charge on any atom is 0.224 e. The van der Waals surface area contributed by atoms with Crippen LogP contribution in [0.3, 0.4) is 0 Å². The molecule has 0 unspecified atom stereocenters. The normalized spacial score (nSPS) is 10.9. The van der Waals surface area contributed by atoms with Crippen molar-refractivity contribution in [2.24, 2.45) is 5.10 Å². The highest BCUT2D eigenvalue weighted by atomic mass is 32.1. The van der Waals surface area contributed by atoms with Crippen molar-refractivity contribution in [1.29, 1.82) is 0 Å². The first-order valence-corrected chi connectivity index (χ1v) is 9.60. The Hall–Kier alpha value is -3.39. The molecule has 7 nitrogen and oxygen atoms in total. The van der Waals surface area contributed by atoms with Crippen LogP contribution in [0.4, 0.5) is 10.8 Å². The maximum atomic E-state index is 11.6. The lowest BCUT2D eigenvalue weighted by molar-refractivity contribution is -0.116. The van der Waals surface area contributed by atoms with Gasteiger partial charge in [-0.15, -0.1) is 11.3 Å². The van der Waals surface area contributed by atoms with Gasteiger partial charge in [0.15, 0.2) is 0 Å². The van der Waals surface area contributed by atoms with Crippen LogP contribution in [0.5, 0.6) is 11.5 Å². The summed E-state index contributed by atoms with van der Waals surface area (Å²) in [7, 11) is 0. The standard InChI is InChI=1S/C20H20N4O3S/c1-2-3-19(27)22-15-7-4-13(5-8-15)17-12-28-20(23-17)24-21-11-14-6-9-16(25)10-18(14)26/h4-12,25-26H,2-3H2,1H3,(H,22,27)(H,23,24). The van der Waals surface area contributed by atoms with E-state index in [9.17, 15) is 15.0 Å². The lowest BCUT2D eigenvalue weighted by Crippen LogP contribution is -2.10. The first-order chi connectivity index (χ1) is 13.5. The van der Waals surface area contributed by atoms with E-state index in [0.29, 0.717) is 17.1 Å². The Morgan fingerprint density at radius 2 is 2.00 bits per heavy atom. The van der Waals surface area contributed by atoms with Crippen LogP contribution in [0.15, 0.2) is 52.9 Å². The number of anilines is 2. The molecule has 0 atom stereocenters. The van der Waals surface area contributed by atoms with Crippen molar-refractivity contribution in [1.82, 2.24) is 4.98 Å². The van der Waals surface area contributed by atoms with E-state index in [1.54, 1.807) is 6.07 Å². The maximum absolute atomic E-state index is 11.6. The largest absolute Gasteiger partial charge is 0.508 e. The zero-order valence-corrected chi connectivity index (χ0v) is 16.0. The number of benzene rings is 2. The molecule has 0 aliphatic rings. The van der Waals surface area contributed by atoms with E-state index in [-0.39, 0.29) is 17.4 Å². The van der Waals surface area contributed by atoms with Gasteiger partial charge in [-0.25, -0.2) is 4.98 Å². The number of aromatic nitrogens is 1. The molecule has 28 heavy (non-hydrogen) atoms. The Bertz CT molecular complexity index is 983. The summed E-state index contributed by atoms with van der Waals surface area (Å²) >= 11 is 1.40. The Morgan fingerprint density at radius 3 is 2.71 bits per heavy atom. The molecule has 2 aromatic carbocycles. The molecular formula is C20H20N4O3S. The number of nitrogens with one attached hydrogen (secondary N) is 2. The van der Waals surface area contributed by atoms with E-state index in [0.717, 1.165) is 23.4 Å². The fraction of sp³-hybridized carbons (Fsp3) is 0.150. The minimum Gasteiger partial charge on any atom is -0.508 e. The summed E-state index contributed by atoms with van der Waals surface area (Å²) in [6.07, 6.45) is 2.77. The minimum atomic E-state index is -0.0588. The van der Waals surface area contributed by atoms with Crippen molar-refractivity contribution in [3.63, 3.8) is 0 Å². The van der Waals surface area contributed by atoms with Crippen LogP contribution in [0.1, 0.15) is 25.3 Å². The van der Waals surface area contributed by atoms with Crippen LogP contribution >= 0.6 is 11.3 Å². The Balaban J connectivity index is 1.62. The van der Waals surface area contributed by atoms with Gasteiger partial charge in [-0.3, -0.25) is 10.2 Å². The zero-order valence-electron chi connectivity index (χ0n) is 15.2. The smallest absolute Gasteiger partial charge is 0.224 e. The lowest BCUT2D eigenvalue weighted by atomic mass is 10.1. The van der Waals surface area contributed by atoms with Crippen LogP contribution < -0.4 is 10.7 Å². The Labute approximate surface area is 166 Å². The van der Waals surface area contributed by atoms with E-state index >= 15 is 0 Å². The molecule has 0 saturated heterocycles. The van der Waals surface area contributed by atoms with Gasteiger partial charge in [-0.1, -0.05) is 19.1 Å². The molecule has 4 N–H and O–H groups in total. The second kappa shape index (κ2) is 9.01. The second-order valence-corrected chi connectivity index (χ2v) is 6.88. The number of hydrogen-bond donors (Lipinski definition) is 4. The van der Waals surface area contributed by atoms with Crippen LogP contribution in [0.2, 0.25) is 0 Å². The van der Waals surface area contributed by atoms with Crippen LogP contribution in [0, 0.1) is 0 Å². The monoisotopic (exact) mass is 396 g/mol. The van der Waals surface area contributed by atoms with Crippen molar-refractivity contribution >= 4 is 34.3 Å². The number of phenols is 2. The summed E-state index contributed by atoms with van der Waals surface area (Å²) in [5, 5.41) is 28.4. The molecule has 1 amide bonds. The topological polar surface area (TPSA) is 107 Å². The summed E-state index contributed by atoms with van der Waals surface area (Å²) in [4.78, 5) is 16.1. The quantitative estimate of drug-likeness (QED) is 0.350. The van der Waals surface area contributed by atoms with E-state index in [1.807, 2.05) is 36.6 Å². The Kier molecular flexibility index (Phi) is 6.23. The molecule has 0 spiro atoms. The summed E-state index contributed by atoms with van der Waals surface area (Å²) < 4.78 is 0. The van der Waals surface area contributed by atoms with Crippen molar-refractivity contribution in [2.45, 2.75) is 19.8 Å². The minimum absolute atomic E-state index is 0.00733. The molecule has 0 bridgehead atoms. The number of amides is 1. The number of nitrogens with zero attached hydrogens (tertiary/aromatic N) is 2. The Morgan fingerprint density at radius 1 is 1.21 bits per heavy atom. The molecule has 1 heterocycles. The van der Waals surface area contributed by atoms with Gasteiger partial charge in [0.25, 0.3) is 0 Å². The molecule has 0 radical (unpaired) electrons. The first kappa shape index (κ1) is 19.4. The molecule has 3 rings (SSSR count). The number of hydrazone groups is 1. The van der Waals surface area contributed by atoms with Crippen molar-refractivity contribution in [3.05, 3.63) is 53.4 Å². The predicted octanol–water partition coefficient (Wildman–Crippen LogP) is 4.41. The lowest BCUT2D eigenvalue weighted by Gasteiger charge is -2.04. The summed E-state index contributed by atoms with van der Waals surface area (Å²) in [5.41, 5.74) is 5.78. The molecule has 0 aliphatic heterocycles. The number of phenolic OH excluding ortho intramolecular Hbond substituents is 2. The molecule has 3 aromatic rings. The molecular weight excluding hydrogens is 376 g/mol. The van der Waals surface area contributed by atoms with Gasteiger partial charge < -0.3 is 15.5 Å². The predicted molar refractivity (Wildman–Crippen MR) is 112 cm³/mol. The highest BCUT2D eigenvalue weighted by Crippen LogP contribution is 2.26. The van der Waals surface area contributed by atoms with Gasteiger partial charge in [-0.2, -0.15) is 5.10 Å². The molecule has 8 heteroatoms. The fourth-order valence-electron chi connectivity index (χ4n) is 2.43. The third-order valence-electron chi connectivity index (χ3n) is 3.82. The van der Waals surface area contributed by atoms with Gasteiger partial charge in [0.05, 0.1) is 11.9 Å². The zero-order chi connectivity index (χ0) is 19.9. The molecule has 0 saturated carbocycles. The van der Waals surface area contributed by atoms with Gasteiger partial charge in [0.1, 0.15) is 11.5 Å². The van der Waals surface area contributed by atoms with E-state index in [2.05, 4.69) is 20.8 Å². The number of thiazole rings is 1.